The molecular weight excluding hydrogens is 318 g/mol. The van der Waals surface area contributed by atoms with Gasteiger partial charge in [0.2, 0.25) is 10.0 Å². The lowest BCUT2D eigenvalue weighted by Gasteiger charge is -2.12. The fourth-order valence-corrected chi connectivity index (χ4v) is 3.15. The number of hydrogen-bond donors (Lipinski definition) is 1. The number of ether oxygens (including phenoxy) is 2. The molecule has 7 heteroatoms. The number of rotatable bonds is 6. The van der Waals surface area contributed by atoms with Crippen LogP contribution in [0.3, 0.4) is 0 Å². The van der Waals surface area contributed by atoms with Crippen molar-refractivity contribution in [3.8, 4) is 5.75 Å². The Hall–Kier alpha value is -2.38. The first-order valence-corrected chi connectivity index (χ1v) is 8.26. The zero-order chi connectivity index (χ0) is 16.9. The predicted molar refractivity (Wildman–Crippen MR) is 84.8 cm³/mol. The van der Waals surface area contributed by atoms with Crippen LogP contribution >= 0.6 is 0 Å². The van der Waals surface area contributed by atoms with Crippen molar-refractivity contribution in [3.05, 3.63) is 59.7 Å². The molecule has 0 atom stereocenters. The van der Waals surface area contributed by atoms with Crippen LogP contribution in [0.15, 0.2) is 53.4 Å². The molecule has 2 rings (SSSR count). The van der Waals surface area contributed by atoms with E-state index in [1.807, 2.05) is 30.3 Å². The molecule has 0 aliphatic rings. The lowest BCUT2D eigenvalue weighted by Crippen LogP contribution is -2.24. The molecule has 2 aromatic carbocycles. The van der Waals surface area contributed by atoms with Crippen LogP contribution in [0, 0.1) is 0 Å². The van der Waals surface area contributed by atoms with Gasteiger partial charge in [0.25, 0.3) is 0 Å². The molecule has 0 saturated carbocycles. The van der Waals surface area contributed by atoms with Crippen LogP contribution in [0.4, 0.5) is 0 Å². The van der Waals surface area contributed by atoms with Gasteiger partial charge in [-0.1, -0.05) is 30.3 Å². The number of hydrogen-bond acceptors (Lipinski definition) is 5. The third kappa shape index (κ3) is 4.08. The molecule has 23 heavy (non-hydrogen) atoms. The zero-order valence-electron chi connectivity index (χ0n) is 12.8. The zero-order valence-corrected chi connectivity index (χ0v) is 13.6. The topological polar surface area (TPSA) is 81.7 Å². The summed E-state index contributed by atoms with van der Waals surface area (Å²) >= 11 is 0. The van der Waals surface area contributed by atoms with Crippen molar-refractivity contribution in [1.29, 1.82) is 0 Å². The molecule has 0 heterocycles. The second-order valence-electron chi connectivity index (χ2n) is 4.67. The SMILES string of the molecule is COC(=O)c1ccc(S(=O)(=O)NCc2ccccc2)c(OC)c1. The van der Waals surface area contributed by atoms with E-state index < -0.39 is 16.0 Å². The van der Waals surface area contributed by atoms with Crippen LogP contribution in [0.2, 0.25) is 0 Å². The molecule has 1 N–H and O–H groups in total. The Bertz CT molecular complexity index is 787. The van der Waals surface area contributed by atoms with Gasteiger partial charge in [-0.3, -0.25) is 0 Å². The number of methoxy groups -OCH3 is 2. The number of esters is 1. The molecule has 2 aromatic rings. The molecule has 0 aliphatic carbocycles. The van der Waals surface area contributed by atoms with Crippen molar-refractivity contribution in [2.24, 2.45) is 0 Å². The summed E-state index contributed by atoms with van der Waals surface area (Å²) < 4.78 is 37.1. The highest BCUT2D eigenvalue weighted by Gasteiger charge is 2.21. The van der Waals surface area contributed by atoms with Gasteiger partial charge in [0.1, 0.15) is 10.6 Å². The van der Waals surface area contributed by atoms with E-state index in [1.54, 1.807) is 0 Å². The van der Waals surface area contributed by atoms with Gasteiger partial charge >= 0.3 is 5.97 Å². The van der Waals surface area contributed by atoms with Crippen molar-refractivity contribution in [1.82, 2.24) is 4.72 Å². The number of carbonyl (C=O) groups excluding carboxylic acids is 1. The maximum absolute atomic E-state index is 12.4. The summed E-state index contributed by atoms with van der Waals surface area (Å²) in [6, 6.07) is 13.2. The molecule has 6 nitrogen and oxygen atoms in total. The average Bonchev–Trinajstić information content (AvgIpc) is 2.59. The first kappa shape index (κ1) is 17.0. The summed E-state index contributed by atoms with van der Waals surface area (Å²) in [7, 11) is -1.19. The minimum absolute atomic E-state index is 0.0383. The third-order valence-corrected chi connectivity index (χ3v) is 4.62. The highest BCUT2D eigenvalue weighted by molar-refractivity contribution is 7.89. The largest absolute Gasteiger partial charge is 0.495 e. The molecule has 0 fully saturated rings. The molecular formula is C16H17NO5S. The predicted octanol–water partition coefficient (Wildman–Crippen LogP) is 1.96. The van der Waals surface area contributed by atoms with E-state index in [0.717, 1.165) is 5.56 Å². The van der Waals surface area contributed by atoms with Crippen molar-refractivity contribution in [3.63, 3.8) is 0 Å². The minimum atomic E-state index is -3.78. The molecule has 0 aromatic heterocycles. The second kappa shape index (κ2) is 7.26. The Morgan fingerprint density at radius 2 is 1.78 bits per heavy atom. The Morgan fingerprint density at radius 3 is 2.39 bits per heavy atom. The van der Waals surface area contributed by atoms with Crippen LogP contribution in [0.5, 0.6) is 5.75 Å². The van der Waals surface area contributed by atoms with Gasteiger partial charge in [-0.15, -0.1) is 0 Å². The minimum Gasteiger partial charge on any atom is -0.495 e. The Morgan fingerprint density at radius 1 is 1.09 bits per heavy atom. The van der Waals surface area contributed by atoms with Crippen molar-refractivity contribution in [2.45, 2.75) is 11.4 Å². The fourth-order valence-electron chi connectivity index (χ4n) is 1.99. The summed E-state index contributed by atoms with van der Waals surface area (Å²) in [5.74, 6) is -0.488. The summed E-state index contributed by atoms with van der Waals surface area (Å²) in [4.78, 5) is 11.5. The quantitative estimate of drug-likeness (QED) is 0.816. The average molecular weight is 335 g/mol. The molecule has 0 spiro atoms. The Balaban J connectivity index is 2.26. The van der Waals surface area contributed by atoms with Crippen molar-refractivity contribution in [2.75, 3.05) is 14.2 Å². The first-order chi connectivity index (χ1) is 11.0. The molecule has 122 valence electrons. The highest BCUT2D eigenvalue weighted by atomic mass is 32.2. The van der Waals surface area contributed by atoms with E-state index in [2.05, 4.69) is 9.46 Å². The maximum Gasteiger partial charge on any atom is 0.337 e. The number of benzene rings is 2. The first-order valence-electron chi connectivity index (χ1n) is 6.78. The Kier molecular flexibility index (Phi) is 5.36. The van der Waals surface area contributed by atoms with Gasteiger partial charge in [-0.25, -0.2) is 17.9 Å². The summed E-state index contributed by atoms with van der Waals surface area (Å²) in [6.07, 6.45) is 0. The number of sulfonamides is 1. The molecule has 0 bridgehead atoms. The molecule has 0 aliphatic heterocycles. The molecule has 0 unspecified atom stereocenters. The molecule has 0 radical (unpaired) electrons. The van der Waals surface area contributed by atoms with Gasteiger partial charge < -0.3 is 9.47 Å². The van der Waals surface area contributed by atoms with Gasteiger partial charge in [0.15, 0.2) is 0 Å². The molecule has 0 saturated heterocycles. The number of nitrogens with one attached hydrogen (secondary N) is 1. The smallest absolute Gasteiger partial charge is 0.337 e. The van der Waals surface area contributed by atoms with Crippen LogP contribution in [0.25, 0.3) is 0 Å². The van der Waals surface area contributed by atoms with E-state index in [1.165, 1.54) is 32.4 Å². The van der Waals surface area contributed by atoms with Crippen LogP contribution in [-0.4, -0.2) is 28.6 Å². The summed E-state index contributed by atoms with van der Waals surface area (Å²) in [5.41, 5.74) is 1.05. The van der Waals surface area contributed by atoms with Crippen LogP contribution in [-0.2, 0) is 21.3 Å². The van der Waals surface area contributed by atoms with Gasteiger partial charge in [-0.2, -0.15) is 0 Å². The monoisotopic (exact) mass is 335 g/mol. The summed E-state index contributed by atoms with van der Waals surface area (Å²) in [5, 5.41) is 0. The van der Waals surface area contributed by atoms with Crippen LogP contribution in [0.1, 0.15) is 15.9 Å². The van der Waals surface area contributed by atoms with Crippen molar-refractivity contribution >= 4 is 16.0 Å². The van der Waals surface area contributed by atoms with Gasteiger partial charge in [0.05, 0.1) is 19.8 Å². The van der Waals surface area contributed by atoms with E-state index in [9.17, 15) is 13.2 Å². The van der Waals surface area contributed by atoms with Gasteiger partial charge in [-0.05, 0) is 23.8 Å². The lowest BCUT2D eigenvalue weighted by atomic mass is 10.2. The highest BCUT2D eigenvalue weighted by Crippen LogP contribution is 2.25. The molecule has 0 amide bonds. The second-order valence-corrected chi connectivity index (χ2v) is 6.40. The van der Waals surface area contributed by atoms with E-state index in [-0.39, 0.29) is 22.8 Å². The van der Waals surface area contributed by atoms with E-state index in [0.29, 0.717) is 0 Å². The fraction of sp³-hybridized carbons (Fsp3) is 0.188. The van der Waals surface area contributed by atoms with Crippen molar-refractivity contribution < 1.29 is 22.7 Å². The maximum atomic E-state index is 12.4. The lowest BCUT2D eigenvalue weighted by molar-refractivity contribution is 0.0600. The Labute approximate surface area is 135 Å². The summed E-state index contributed by atoms with van der Waals surface area (Å²) in [6.45, 7) is 0.158. The van der Waals surface area contributed by atoms with E-state index >= 15 is 0 Å². The standard InChI is InChI=1S/C16H17NO5S/c1-21-14-10-13(16(18)22-2)8-9-15(14)23(19,20)17-11-12-6-4-3-5-7-12/h3-10,17H,11H2,1-2H3. The normalized spacial score (nSPS) is 11.0. The third-order valence-electron chi connectivity index (χ3n) is 3.18. The number of carbonyl (C=O) groups is 1. The van der Waals surface area contributed by atoms with Gasteiger partial charge in [0, 0.05) is 6.54 Å². The van der Waals surface area contributed by atoms with Crippen LogP contribution < -0.4 is 9.46 Å². The van der Waals surface area contributed by atoms with E-state index in [4.69, 9.17) is 4.74 Å².